The summed E-state index contributed by atoms with van der Waals surface area (Å²) in [7, 11) is 1.81. The second-order valence-corrected chi connectivity index (χ2v) is 6.89. The third-order valence-electron chi connectivity index (χ3n) is 4.07. The van der Waals surface area contributed by atoms with Crippen molar-refractivity contribution in [1.29, 1.82) is 0 Å². The van der Waals surface area contributed by atoms with Gasteiger partial charge >= 0.3 is 0 Å². The predicted octanol–water partition coefficient (Wildman–Crippen LogP) is -0.645. The Morgan fingerprint density at radius 3 is 2.68 bits per heavy atom. The maximum atomic E-state index is 12.7. The molecule has 0 aliphatic carbocycles. The molecule has 1 atom stereocenters. The Morgan fingerprint density at radius 1 is 1.39 bits per heavy atom. The molecule has 10 nitrogen and oxygen atoms in total. The molecule has 0 saturated carbocycles. The number of hydrogen-bond acceptors (Lipinski definition) is 6. The Labute approximate surface area is 169 Å². The van der Waals surface area contributed by atoms with Crippen molar-refractivity contribution in [2.45, 2.75) is 38.8 Å². The van der Waals surface area contributed by atoms with E-state index in [1.54, 1.807) is 0 Å². The molecule has 11 heteroatoms. The average molecular weight is 412 g/mol. The standard InChI is InChI=1S/C17H29N7O3S/c1-12(25)9-24(10-13(20-2)5-3-4-7-21-16(18)19)15(27)11-23-8-6-14(26)22-17(23)28/h6,8,13,20H,3-5,7,9-11H2,1-2H3,(H4,18,19,21)(H,22,26,28)/t13-/m0/s1. The predicted molar refractivity (Wildman–Crippen MR) is 111 cm³/mol. The lowest BCUT2D eigenvalue weighted by atomic mass is 10.1. The van der Waals surface area contributed by atoms with Crippen LogP contribution >= 0.6 is 12.2 Å². The van der Waals surface area contributed by atoms with Crippen LogP contribution in [-0.2, 0) is 16.1 Å². The molecule has 6 N–H and O–H groups in total. The van der Waals surface area contributed by atoms with Crippen LogP contribution in [0.3, 0.4) is 0 Å². The highest BCUT2D eigenvalue weighted by Crippen LogP contribution is 2.05. The summed E-state index contributed by atoms with van der Waals surface area (Å²) in [5.41, 5.74) is 10.3. The van der Waals surface area contributed by atoms with E-state index in [-0.39, 0.29) is 47.1 Å². The van der Waals surface area contributed by atoms with Crippen LogP contribution in [0.1, 0.15) is 26.2 Å². The van der Waals surface area contributed by atoms with Gasteiger partial charge in [0.15, 0.2) is 10.7 Å². The quantitative estimate of drug-likeness (QED) is 0.154. The molecular formula is C17H29N7O3S. The third-order valence-corrected chi connectivity index (χ3v) is 4.41. The second kappa shape index (κ2) is 12.0. The van der Waals surface area contributed by atoms with Crippen molar-refractivity contribution >= 4 is 29.9 Å². The van der Waals surface area contributed by atoms with Crippen molar-refractivity contribution in [3.8, 4) is 0 Å². The van der Waals surface area contributed by atoms with E-state index in [0.717, 1.165) is 19.3 Å². The molecule has 0 unspecified atom stereocenters. The Hall–Kier alpha value is -2.53. The van der Waals surface area contributed by atoms with Gasteiger partial charge < -0.3 is 26.3 Å². The lowest BCUT2D eigenvalue weighted by Gasteiger charge is -2.27. The number of carbonyl (C=O) groups is 2. The minimum atomic E-state index is -0.328. The van der Waals surface area contributed by atoms with Gasteiger partial charge in [-0.2, -0.15) is 0 Å². The molecule has 0 aliphatic heterocycles. The van der Waals surface area contributed by atoms with Crippen LogP contribution in [0.2, 0.25) is 0 Å². The Kier molecular flexibility index (Phi) is 10.1. The molecule has 0 aromatic carbocycles. The van der Waals surface area contributed by atoms with Crippen LogP contribution in [-0.4, -0.2) is 64.8 Å². The summed E-state index contributed by atoms with van der Waals surface area (Å²) >= 11 is 5.07. The molecule has 28 heavy (non-hydrogen) atoms. The number of unbranched alkanes of at least 4 members (excludes halogenated alkanes) is 1. The van der Waals surface area contributed by atoms with Crippen molar-refractivity contribution < 1.29 is 9.59 Å². The van der Waals surface area contributed by atoms with E-state index >= 15 is 0 Å². The Balaban J connectivity index is 2.72. The van der Waals surface area contributed by atoms with E-state index in [1.165, 1.54) is 28.7 Å². The lowest BCUT2D eigenvalue weighted by molar-refractivity contribution is -0.135. The fourth-order valence-electron chi connectivity index (χ4n) is 2.64. The molecule has 0 spiro atoms. The van der Waals surface area contributed by atoms with Crippen molar-refractivity contribution in [3.05, 3.63) is 27.4 Å². The number of nitrogens with two attached hydrogens (primary N) is 2. The summed E-state index contributed by atoms with van der Waals surface area (Å²) in [6, 6.07) is 1.32. The van der Waals surface area contributed by atoms with Gasteiger partial charge in [-0.1, -0.05) is 0 Å². The van der Waals surface area contributed by atoms with Gasteiger partial charge in [0.1, 0.15) is 12.3 Å². The number of rotatable bonds is 12. The summed E-state index contributed by atoms with van der Waals surface area (Å²) in [5, 5.41) is 3.18. The third kappa shape index (κ3) is 8.91. The van der Waals surface area contributed by atoms with Crippen LogP contribution in [0, 0.1) is 4.77 Å². The van der Waals surface area contributed by atoms with Gasteiger partial charge in [-0.25, -0.2) is 0 Å². The first kappa shape index (κ1) is 23.5. The monoisotopic (exact) mass is 411 g/mol. The molecule has 0 bridgehead atoms. The van der Waals surface area contributed by atoms with E-state index in [2.05, 4.69) is 15.3 Å². The summed E-state index contributed by atoms with van der Waals surface area (Å²) in [6.45, 7) is 2.34. The first-order valence-corrected chi connectivity index (χ1v) is 9.43. The van der Waals surface area contributed by atoms with E-state index < -0.39 is 0 Å². The fourth-order valence-corrected chi connectivity index (χ4v) is 2.87. The highest BCUT2D eigenvalue weighted by Gasteiger charge is 2.20. The van der Waals surface area contributed by atoms with Crippen molar-refractivity contribution in [2.75, 3.05) is 26.7 Å². The lowest BCUT2D eigenvalue weighted by Crippen LogP contribution is -2.45. The minimum Gasteiger partial charge on any atom is -0.370 e. The minimum absolute atomic E-state index is 0.0156. The van der Waals surface area contributed by atoms with Gasteiger partial charge in [0, 0.05) is 31.4 Å². The number of Topliss-reactive ketones (excluding diaryl/α,β-unsaturated/α-hetero) is 1. The molecule has 1 heterocycles. The molecule has 0 fully saturated rings. The number of aliphatic imine (C=N–C) groups is 1. The van der Waals surface area contributed by atoms with Crippen LogP contribution in [0.15, 0.2) is 22.1 Å². The number of aromatic nitrogens is 2. The summed E-state index contributed by atoms with van der Waals surface area (Å²) in [6.07, 6.45) is 3.96. The fraction of sp³-hybridized carbons (Fsp3) is 0.588. The van der Waals surface area contributed by atoms with Crippen molar-refractivity contribution in [3.63, 3.8) is 0 Å². The normalized spacial score (nSPS) is 11.6. The maximum absolute atomic E-state index is 12.7. The van der Waals surface area contributed by atoms with E-state index in [1.807, 2.05) is 7.05 Å². The summed E-state index contributed by atoms with van der Waals surface area (Å²) in [5.74, 6) is -0.288. The first-order valence-electron chi connectivity index (χ1n) is 9.02. The highest BCUT2D eigenvalue weighted by molar-refractivity contribution is 7.71. The first-order chi connectivity index (χ1) is 13.2. The number of ketones is 1. The van der Waals surface area contributed by atoms with Gasteiger partial charge in [-0.15, -0.1) is 0 Å². The Bertz CT molecular complexity index is 798. The van der Waals surface area contributed by atoms with Crippen LogP contribution in [0.4, 0.5) is 0 Å². The largest absolute Gasteiger partial charge is 0.370 e. The molecular weight excluding hydrogens is 382 g/mol. The topological polar surface area (TPSA) is 152 Å². The Morgan fingerprint density at radius 2 is 2.11 bits per heavy atom. The van der Waals surface area contributed by atoms with Crippen LogP contribution in [0.25, 0.3) is 0 Å². The second-order valence-electron chi connectivity index (χ2n) is 6.50. The average Bonchev–Trinajstić information content (AvgIpc) is 2.61. The number of H-pyrrole nitrogens is 1. The zero-order chi connectivity index (χ0) is 21.1. The molecule has 0 aliphatic rings. The zero-order valence-electron chi connectivity index (χ0n) is 16.3. The molecule has 156 valence electrons. The van der Waals surface area contributed by atoms with E-state index in [4.69, 9.17) is 23.7 Å². The number of amides is 1. The van der Waals surface area contributed by atoms with Gasteiger partial charge in [0.2, 0.25) is 5.91 Å². The molecule has 1 aromatic heterocycles. The smallest absolute Gasteiger partial charge is 0.251 e. The molecule has 1 amide bonds. The maximum Gasteiger partial charge on any atom is 0.251 e. The summed E-state index contributed by atoms with van der Waals surface area (Å²) in [4.78, 5) is 43.5. The number of carbonyl (C=O) groups excluding carboxylic acids is 2. The molecule has 0 radical (unpaired) electrons. The number of aromatic amines is 1. The van der Waals surface area contributed by atoms with Gasteiger partial charge in [0.25, 0.3) is 5.56 Å². The van der Waals surface area contributed by atoms with Gasteiger partial charge in [-0.05, 0) is 45.5 Å². The number of nitrogens with zero attached hydrogens (tertiary/aromatic N) is 3. The van der Waals surface area contributed by atoms with Gasteiger partial charge in [0.05, 0.1) is 6.54 Å². The number of nitrogens with one attached hydrogen (secondary N) is 2. The SMILES string of the molecule is CN[C@@H](CCCCN=C(N)N)CN(CC(C)=O)C(=O)Cn1ccc(=O)[nH]c1=S. The van der Waals surface area contributed by atoms with E-state index in [0.29, 0.717) is 13.1 Å². The molecule has 1 rings (SSSR count). The van der Waals surface area contributed by atoms with Crippen molar-refractivity contribution in [2.24, 2.45) is 16.5 Å². The molecule has 0 saturated heterocycles. The van der Waals surface area contributed by atoms with Crippen molar-refractivity contribution in [1.82, 2.24) is 19.8 Å². The number of guanidine groups is 1. The van der Waals surface area contributed by atoms with E-state index in [9.17, 15) is 14.4 Å². The van der Waals surface area contributed by atoms with Crippen LogP contribution in [0.5, 0.6) is 0 Å². The van der Waals surface area contributed by atoms with Crippen LogP contribution < -0.4 is 22.3 Å². The van der Waals surface area contributed by atoms with Gasteiger partial charge in [-0.3, -0.25) is 24.4 Å². The number of likely N-dealkylation sites (N-methyl/N-ethyl adjacent to an activating group) is 1. The summed E-state index contributed by atoms with van der Waals surface area (Å²) < 4.78 is 1.63. The molecule has 1 aromatic rings. The zero-order valence-corrected chi connectivity index (χ0v) is 17.1. The highest BCUT2D eigenvalue weighted by atomic mass is 32.1. The number of hydrogen-bond donors (Lipinski definition) is 4.